The normalized spacial score (nSPS) is 12.3. The summed E-state index contributed by atoms with van der Waals surface area (Å²) in [6, 6.07) is 37.1. The number of ether oxygens (including phenoxy) is 1. The topological polar surface area (TPSA) is 70.7 Å². The van der Waals surface area contributed by atoms with E-state index in [2.05, 4.69) is 99.1 Å². The molecule has 1 atom stereocenters. The Hall–Kier alpha value is -5.27. The minimum Gasteiger partial charge on any atom is -0.469 e. The molecule has 0 spiro atoms. The van der Waals surface area contributed by atoms with Gasteiger partial charge in [0.05, 0.1) is 22.8 Å². The van der Waals surface area contributed by atoms with E-state index in [1.54, 1.807) is 4.68 Å². The fourth-order valence-electron chi connectivity index (χ4n) is 5.25. The quantitative estimate of drug-likeness (QED) is 0.188. The zero-order chi connectivity index (χ0) is 28.3. The third-order valence-electron chi connectivity index (χ3n) is 7.19. The zero-order valence-electron chi connectivity index (χ0n) is 22.5. The number of benzene rings is 4. The number of pyridine rings is 1. The van der Waals surface area contributed by atoms with Gasteiger partial charge in [-0.25, -0.2) is 4.98 Å². The lowest BCUT2D eigenvalue weighted by atomic mass is 9.96. The molecular weight excluding hydrogens is 544 g/mol. The average Bonchev–Trinajstić information content (AvgIpc) is 3.71. The van der Waals surface area contributed by atoms with Crippen molar-refractivity contribution >= 4 is 45.6 Å². The van der Waals surface area contributed by atoms with Crippen molar-refractivity contribution < 1.29 is 4.74 Å². The van der Waals surface area contributed by atoms with Crippen LogP contribution in [0.2, 0.25) is 5.02 Å². The molecule has 0 fully saturated rings. The molecule has 42 heavy (non-hydrogen) atoms. The van der Waals surface area contributed by atoms with Crippen molar-refractivity contribution in [2.75, 3.05) is 0 Å². The monoisotopic (exact) mass is 568 g/mol. The molecule has 0 aliphatic rings. The largest absolute Gasteiger partial charge is 0.469 e. The zero-order valence-corrected chi connectivity index (χ0v) is 23.2. The van der Waals surface area contributed by atoms with Gasteiger partial charge in [0.15, 0.2) is 6.73 Å². The summed E-state index contributed by atoms with van der Waals surface area (Å²) in [7, 11) is 0. The standard InChI is InChI=1S/C34H25ClN6O/c35-29-15-13-25-14-17-30(37-31(25)21-29)16-12-24-6-4-10-28(20-24)33(26-7-2-1-3-8-26)41-19-18-27-9-5-11-32(34(27)41)42-23-40-22-36-38-39-40/h1-22,33H,23H2/b16-12+. The van der Waals surface area contributed by atoms with E-state index in [1.807, 2.05) is 48.5 Å². The van der Waals surface area contributed by atoms with Crippen LogP contribution in [0.25, 0.3) is 34.0 Å². The second-order valence-electron chi connectivity index (χ2n) is 9.93. The van der Waals surface area contributed by atoms with Gasteiger partial charge in [-0.15, -0.1) is 5.10 Å². The molecule has 0 aliphatic heterocycles. The van der Waals surface area contributed by atoms with Crippen LogP contribution in [0, 0.1) is 0 Å². The number of para-hydroxylation sites is 1. The highest BCUT2D eigenvalue weighted by Crippen LogP contribution is 2.35. The second kappa shape index (κ2) is 11.3. The minimum absolute atomic E-state index is 0.0872. The van der Waals surface area contributed by atoms with Crippen molar-refractivity contribution in [3.63, 3.8) is 0 Å². The molecule has 0 N–H and O–H groups in total. The Morgan fingerprint density at radius 2 is 1.64 bits per heavy atom. The van der Waals surface area contributed by atoms with E-state index in [0.717, 1.165) is 44.4 Å². The van der Waals surface area contributed by atoms with Crippen LogP contribution >= 0.6 is 11.6 Å². The van der Waals surface area contributed by atoms with Gasteiger partial charge in [0.2, 0.25) is 0 Å². The van der Waals surface area contributed by atoms with Crippen molar-refractivity contribution in [1.29, 1.82) is 0 Å². The summed E-state index contributed by atoms with van der Waals surface area (Å²) in [6.45, 7) is 0.211. The molecule has 0 aliphatic carbocycles. The van der Waals surface area contributed by atoms with E-state index in [-0.39, 0.29) is 12.8 Å². The predicted molar refractivity (Wildman–Crippen MR) is 166 cm³/mol. The number of tetrazole rings is 1. The fraction of sp³-hybridized carbons (Fsp3) is 0.0588. The number of fused-ring (bicyclic) bond motifs is 2. The van der Waals surface area contributed by atoms with E-state index < -0.39 is 0 Å². The maximum atomic E-state index is 6.21. The fourth-order valence-corrected chi connectivity index (χ4v) is 5.42. The van der Waals surface area contributed by atoms with E-state index in [1.165, 1.54) is 11.9 Å². The minimum atomic E-state index is -0.0872. The first-order valence-corrected chi connectivity index (χ1v) is 13.9. The molecule has 7 nitrogen and oxygen atoms in total. The van der Waals surface area contributed by atoms with Gasteiger partial charge in [0, 0.05) is 22.0 Å². The number of nitrogens with zero attached hydrogens (tertiary/aromatic N) is 6. The molecule has 1 unspecified atom stereocenters. The SMILES string of the molecule is Clc1ccc2ccc(/C=C/c3cccc(C(c4ccccc4)n4ccc5cccc(OCn6cnnn6)c54)c3)nc2c1. The molecule has 0 amide bonds. The summed E-state index contributed by atoms with van der Waals surface area (Å²) >= 11 is 6.19. The van der Waals surface area contributed by atoms with Gasteiger partial charge in [-0.3, -0.25) is 0 Å². The van der Waals surface area contributed by atoms with E-state index in [0.29, 0.717) is 5.02 Å². The van der Waals surface area contributed by atoms with Gasteiger partial charge in [0.1, 0.15) is 12.1 Å². The molecule has 3 heterocycles. The van der Waals surface area contributed by atoms with E-state index in [4.69, 9.17) is 21.3 Å². The molecule has 204 valence electrons. The molecule has 7 aromatic rings. The van der Waals surface area contributed by atoms with Crippen LogP contribution in [0.1, 0.15) is 28.4 Å². The molecule has 3 aromatic heterocycles. The van der Waals surface area contributed by atoms with Crippen molar-refractivity contribution in [2.45, 2.75) is 12.8 Å². The molecule has 0 radical (unpaired) electrons. The average molecular weight is 569 g/mol. The smallest absolute Gasteiger partial charge is 0.184 e. The summed E-state index contributed by atoms with van der Waals surface area (Å²) in [6.07, 6.45) is 7.79. The molecular formula is C34H25ClN6O. The van der Waals surface area contributed by atoms with Gasteiger partial charge in [-0.2, -0.15) is 4.68 Å². The van der Waals surface area contributed by atoms with Crippen molar-refractivity contribution in [1.82, 2.24) is 29.8 Å². The van der Waals surface area contributed by atoms with Crippen molar-refractivity contribution in [3.8, 4) is 5.75 Å². The highest BCUT2D eigenvalue weighted by molar-refractivity contribution is 6.31. The summed E-state index contributed by atoms with van der Waals surface area (Å²) in [4.78, 5) is 4.77. The number of rotatable bonds is 8. The third kappa shape index (κ3) is 5.25. The van der Waals surface area contributed by atoms with Crippen LogP contribution in [-0.4, -0.2) is 29.8 Å². The summed E-state index contributed by atoms with van der Waals surface area (Å²) in [5, 5.41) is 14.2. The van der Waals surface area contributed by atoms with E-state index >= 15 is 0 Å². The Morgan fingerprint density at radius 1 is 0.786 bits per heavy atom. The Balaban J connectivity index is 1.27. The first-order valence-electron chi connectivity index (χ1n) is 13.5. The van der Waals surface area contributed by atoms with Crippen LogP contribution in [0.15, 0.2) is 122 Å². The van der Waals surface area contributed by atoms with E-state index in [9.17, 15) is 0 Å². The maximum absolute atomic E-state index is 6.21. The first kappa shape index (κ1) is 25.7. The van der Waals surface area contributed by atoms with Crippen LogP contribution < -0.4 is 4.74 Å². The number of aromatic nitrogens is 6. The Bertz CT molecular complexity index is 2020. The van der Waals surface area contributed by atoms with Crippen molar-refractivity contribution in [2.24, 2.45) is 0 Å². The lowest BCUT2D eigenvalue weighted by molar-refractivity contribution is 0.220. The number of hydrogen-bond donors (Lipinski definition) is 0. The molecule has 0 saturated heterocycles. The van der Waals surface area contributed by atoms with Gasteiger partial charge in [-0.05, 0) is 69.6 Å². The maximum Gasteiger partial charge on any atom is 0.184 e. The summed E-state index contributed by atoms with van der Waals surface area (Å²) < 4.78 is 10.0. The van der Waals surface area contributed by atoms with Gasteiger partial charge < -0.3 is 9.30 Å². The Labute approximate surface area is 247 Å². The van der Waals surface area contributed by atoms with Gasteiger partial charge >= 0.3 is 0 Å². The molecule has 0 saturated carbocycles. The number of halogens is 1. The predicted octanol–water partition coefficient (Wildman–Crippen LogP) is 7.67. The van der Waals surface area contributed by atoms with Gasteiger partial charge in [-0.1, -0.05) is 90.5 Å². The van der Waals surface area contributed by atoms with Gasteiger partial charge in [0.25, 0.3) is 0 Å². The summed E-state index contributed by atoms with van der Waals surface area (Å²) in [5.74, 6) is 0.757. The Morgan fingerprint density at radius 3 is 2.52 bits per heavy atom. The van der Waals surface area contributed by atoms with Crippen molar-refractivity contribution in [3.05, 3.63) is 149 Å². The van der Waals surface area contributed by atoms with Crippen LogP contribution in [0.4, 0.5) is 0 Å². The molecule has 4 aromatic carbocycles. The lowest BCUT2D eigenvalue weighted by Gasteiger charge is -2.23. The van der Waals surface area contributed by atoms with Crippen LogP contribution in [-0.2, 0) is 6.73 Å². The molecule has 7 rings (SSSR count). The molecule has 0 bridgehead atoms. The summed E-state index contributed by atoms with van der Waals surface area (Å²) in [5.41, 5.74) is 6.14. The lowest BCUT2D eigenvalue weighted by Crippen LogP contribution is -2.13. The highest BCUT2D eigenvalue weighted by atomic mass is 35.5. The second-order valence-corrected chi connectivity index (χ2v) is 10.4. The first-order chi connectivity index (χ1) is 20.7. The van der Waals surface area contributed by atoms with Crippen LogP contribution in [0.5, 0.6) is 5.75 Å². The molecule has 8 heteroatoms. The third-order valence-corrected chi connectivity index (χ3v) is 7.42. The Kier molecular flexibility index (Phi) is 6.92. The van der Waals surface area contributed by atoms with Crippen LogP contribution in [0.3, 0.4) is 0 Å². The highest BCUT2D eigenvalue weighted by Gasteiger charge is 2.20. The number of hydrogen-bond acceptors (Lipinski definition) is 5.